The first-order chi connectivity index (χ1) is 8.62. The summed E-state index contributed by atoms with van der Waals surface area (Å²) in [7, 11) is -4.36. The minimum absolute atomic E-state index is 0.00889. The zero-order chi connectivity index (χ0) is 13.0. The monoisotopic (exact) mass is 266 g/mol. The predicted octanol–water partition coefficient (Wildman–Crippen LogP) is 1.30. The molecule has 0 bridgehead atoms. The van der Waals surface area contributed by atoms with Crippen LogP contribution in [0.4, 0.5) is 0 Å². The van der Waals surface area contributed by atoms with E-state index in [1.807, 2.05) is 0 Å². The normalized spacial score (nSPS) is 10.7. The standard InChI is InChI=1S/C10H6N2O5S/c13-7-11-18(14,15)17-10-4-2-1-3-8(10)9-5-6-16-12-9/h1-6H. The van der Waals surface area contributed by atoms with Crippen LogP contribution in [0, 0.1) is 0 Å². The van der Waals surface area contributed by atoms with E-state index in [-0.39, 0.29) is 5.75 Å². The molecule has 7 nitrogen and oxygen atoms in total. The number of benzene rings is 1. The van der Waals surface area contributed by atoms with Gasteiger partial charge in [-0.15, -0.1) is 0 Å². The average molecular weight is 266 g/mol. The fraction of sp³-hybridized carbons (Fsp3) is 0. The smallest absolute Gasteiger partial charge is 0.364 e. The van der Waals surface area contributed by atoms with Crippen molar-refractivity contribution >= 4 is 16.4 Å². The molecule has 0 saturated heterocycles. The van der Waals surface area contributed by atoms with Crippen LogP contribution in [0.15, 0.2) is 45.5 Å². The third-order valence-electron chi connectivity index (χ3n) is 1.94. The van der Waals surface area contributed by atoms with E-state index in [4.69, 9.17) is 0 Å². The molecule has 0 aliphatic heterocycles. The van der Waals surface area contributed by atoms with Crippen LogP contribution in [0.1, 0.15) is 0 Å². The molecule has 2 rings (SSSR count). The second kappa shape index (κ2) is 4.82. The Morgan fingerprint density at radius 3 is 2.72 bits per heavy atom. The van der Waals surface area contributed by atoms with E-state index in [2.05, 4.69) is 18.3 Å². The van der Waals surface area contributed by atoms with Gasteiger partial charge in [0.2, 0.25) is 0 Å². The molecule has 0 aliphatic rings. The van der Waals surface area contributed by atoms with Crippen molar-refractivity contribution in [3.05, 3.63) is 36.6 Å². The molecule has 0 spiro atoms. The van der Waals surface area contributed by atoms with E-state index in [0.717, 1.165) is 6.08 Å². The second-order valence-electron chi connectivity index (χ2n) is 3.07. The first-order valence-corrected chi connectivity index (χ1v) is 6.02. The summed E-state index contributed by atoms with van der Waals surface area (Å²) in [4.78, 5) is 9.95. The number of hydrogen-bond donors (Lipinski definition) is 0. The highest BCUT2D eigenvalue weighted by molar-refractivity contribution is 7.85. The van der Waals surface area contributed by atoms with Crippen molar-refractivity contribution < 1.29 is 21.9 Å². The van der Waals surface area contributed by atoms with E-state index >= 15 is 0 Å². The highest BCUT2D eigenvalue weighted by Gasteiger charge is 2.15. The van der Waals surface area contributed by atoms with Gasteiger partial charge >= 0.3 is 10.3 Å². The van der Waals surface area contributed by atoms with Gasteiger partial charge in [0.25, 0.3) is 6.08 Å². The lowest BCUT2D eigenvalue weighted by Gasteiger charge is -2.05. The summed E-state index contributed by atoms with van der Waals surface area (Å²) < 4.78 is 34.3. The zero-order valence-corrected chi connectivity index (χ0v) is 9.62. The lowest BCUT2D eigenvalue weighted by molar-refractivity contribution is 0.422. The highest BCUT2D eigenvalue weighted by atomic mass is 32.2. The molecule has 1 aromatic heterocycles. The molecular weight excluding hydrogens is 260 g/mol. The molecule has 0 aliphatic carbocycles. The molecule has 0 saturated carbocycles. The van der Waals surface area contributed by atoms with Crippen LogP contribution in [-0.4, -0.2) is 19.7 Å². The summed E-state index contributed by atoms with van der Waals surface area (Å²) in [5.74, 6) is -0.00889. The summed E-state index contributed by atoms with van der Waals surface area (Å²) in [5, 5.41) is 3.67. The van der Waals surface area contributed by atoms with Crippen LogP contribution in [0.3, 0.4) is 0 Å². The predicted molar refractivity (Wildman–Crippen MR) is 59.6 cm³/mol. The molecule has 0 fully saturated rings. The number of aromatic nitrogens is 1. The van der Waals surface area contributed by atoms with Gasteiger partial charge in [0, 0.05) is 11.6 Å². The summed E-state index contributed by atoms with van der Waals surface area (Å²) in [5.41, 5.74) is 0.798. The first-order valence-electron chi connectivity index (χ1n) is 4.66. The number of hydrogen-bond acceptors (Lipinski definition) is 6. The molecule has 0 atom stereocenters. The van der Waals surface area contributed by atoms with E-state index in [1.165, 1.54) is 18.4 Å². The summed E-state index contributed by atoms with van der Waals surface area (Å²) in [6.07, 6.45) is 2.25. The average Bonchev–Trinajstić information content (AvgIpc) is 2.82. The Morgan fingerprint density at radius 1 is 1.28 bits per heavy atom. The first kappa shape index (κ1) is 12.0. The topological polar surface area (TPSA) is 98.8 Å². The van der Waals surface area contributed by atoms with E-state index in [0.29, 0.717) is 11.3 Å². The van der Waals surface area contributed by atoms with Crippen LogP contribution in [0.2, 0.25) is 0 Å². The Bertz CT molecular complexity index is 687. The third kappa shape index (κ3) is 2.62. The molecule has 2 aromatic rings. The number of nitrogens with zero attached hydrogens (tertiary/aromatic N) is 2. The third-order valence-corrected chi connectivity index (χ3v) is 2.63. The zero-order valence-electron chi connectivity index (χ0n) is 8.81. The Morgan fingerprint density at radius 2 is 2.06 bits per heavy atom. The molecule has 0 unspecified atom stereocenters. The Balaban J connectivity index is 2.44. The molecule has 0 amide bonds. The minimum Gasteiger partial charge on any atom is -0.364 e. The molecule has 1 heterocycles. The van der Waals surface area contributed by atoms with E-state index in [1.54, 1.807) is 18.2 Å². The Hall–Kier alpha value is -2.44. The van der Waals surface area contributed by atoms with Crippen LogP contribution in [-0.2, 0) is 15.1 Å². The van der Waals surface area contributed by atoms with Gasteiger partial charge in [0.15, 0.2) is 5.75 Å². The van der Waals surface area contributed by atoms with Crippen molar-refractivity contribution in [2.45, 2.75) is 0 Å². The van der Waals surface area contributed by atoms with Gasteiger partial charge in [-0.3, -0.25) is 0 Å². The second-order valence-corrected chi connectivity index (χ2v) is 4.28. The SMILES string of the molecule is O=C=NS(=O)(=O)Oc1ccccc1-c1ccon1. The van der Waals surface area contributed by atoms with Gasteiger partial charge < -0.3 is 8.71 Å². The van der Waals surface area contributed by atoms with Gasteiger partial charge in [-0.05, 0) is 16.5 Å². The van der Waals surface area contributed by atoms with Gasteiger partial charge in [0.05, 0.1) is 0 Å². The molecular formula is C10H6N2O5S. The van der Waals surface area contributed by atoms with Crippen molar-refractivity contribution in [1.82, 2.24) is 5.16 Å². The number of isocyanates is 1. The van der Waals surface area contributed by atoms with E-state index in [9.17, 15) is 13.2 Å². The molecule has 0 N–H and O–H groups in total. The Labute approximate surface area is 102 Å². The number of rotatable bonds is 4. The molecule has 18 heavy (non-hydrogen) atoms. The fourth-order valence-corrected chi connectivity index (χ4v) is 1.78. The lowest BCUT2D eigenvalue weighted by Crippen LogP contribution is -2.06. The van der Waals surface area contributed by atoms with Gasteiger partial charge in [-0.1, -0.05) is 17.3 Å². The van der Waals surface area contributed by atoms with Crippen LogP contribution >= 0.6 is 0 Å². The molecule has 8 heteroatoms. The van der Waals surface area contributed by atoms with Crippen molar-refractivity contribution in [3.63, 3.8) is 0 Å². The van der Waals surface area contributed by atoms with Crippen LogP contribution in [0.25, 0.3) is 11.3 Å². The maximum atomic E-state index is 11.2. The van der Waals surface area contributed by atoms with Crippen molar-refractivity contribution in [2.24, 2.45) is 4.40 Å². The van der Waals surface area contributed by atoms with E-state index < -0.39 is 10.3 Å². The highest BCUT2D eigenvalue weighted by Crippen LogP contribution is 2.29. The maximum Gasteiger partial charge on any atom is 0.439 e. The largest absolute Gasteiger partial charge is 0.439 e. The maximum absolute atomic E-state index is 11.2. The number of para-hydroxylation sites is 1. The van der Waals surface area contributed by atoms with Crippen LogP contribution in [0.5, 0.6) is 5.75 Å². The van der Waals surface area contributed by atoms with Crippen molar-refractivity contribution in [2.75, 3.05) is 0 Å². The summed E-state index contributed by atoms with van der Waals surface area (Å²) in [6.45, 7) is 0. The van der Waals surface area contributed by atoms with Gasteiger partial charge in [-0.25, -0.2) is 4.79 Å². The van der Waals surface area contributed by atoms with Gasteiger partial charge in [0.1, 0.15) is 12.0 Å². The summed E-state index contributed by atoms with van der Waals surface area (Å²) >= 11 is 0. The van der Waals surface area contributed by atoms with Crippen molar-refractivity contribution in [1.29, 1.82) is 0 Å². The molecule has 1 aromatic carbocycles. The molecule has 0 radical (unpaired) electrons. The Kier molecular flexibility index (Phi) is 3.22. The lowest BCUT2D eigenvalue weighted by atomic mass is 10.1. The fourth-order valence-electron chi connectivity index (χ4n) is 1.28. The summed E-state index contributed by atoms with van der Waals surface area (Å²) in [6, 6.07) is 7.78. The van der Waals surface area contributed by atoms with Crippen molar-refractivity contribution in [3.8, 4) is 17.0 Å². The van der Waals surface area contributed by atoms with Gasteiger partial charge in [-0.2, -0.15) is 8.42 Å². The number of carbonyl (C=O) groups excluding carboxylic acids is 1. The van der Waals surface area contributed by atoms with Crippen LogP contribution < -0.4 is 4.18 Å². The molecule has 92 valence electrons. The minimum atomic E-state index is -4.36. The quantitative estimate of drug-likeness (QED) is 0.611.